The molecule has 0 saturated carbocycles. The van der Waals surface area contributed by atoms with E-state index in [-0.39, 0.29) is 36.3 Å². The highest BCUT2D eigenvalue weighted by molar-refractivity contribution is 7.07. The lowest BCUT2D eigenvalue weighted by molar-refractivity contribution is -0.144. The fourth-order valence-corrected chi connectivity index (χ4v) is 4.42. The lowest BCUT2D eigenvalue weighted by Gasteiger charge is -2.27. The van der Waals surface area contributed by atoms with Crippen molar-refractivity contribution in [3.05, 3.63) is 68.3 Å². The molecule has 0 spiro atoms. The van der Waals surface area contributed by atoms with E-state index in [4.69, 9.17) is 4.74 Å². The Kier molecular flexibility index (Phi) is 5.50. The number of carbonyl (C=O) groups excluding carboxylic acids is 3. The molecule has 4 rings (SSSR count). The van der Waals surface area contributed by atoms with E-state index in [2.05, 4.69) is 0 Å². The number of hydrogen-bond donors (Lipinski definition) is 0. The Morgan fingerprint density at radius 1 is 1.00 bits per heavy atom. The normalized spacial score (nSPS) is 13.2. The van der Waals surface area contributed by atoms with E-state index in [1.165, 1.54) is 4.90 Å². The van der Waals surface area contributed by atoms with Crippen molar-refractivity contribution >= 4 is 39.9 Å². The molecule has 3 aromatic rings. The molecule has 0 fully saturated rings. The first-order valence-corrected chi connectivity index (χ1v) is 10.5. The van der Waals surface area contributed by atoms with Crippen LogP contribution in [0.1, 0.15) is 39.3 Å². The second kappa shape index (κ2) is 8.23. The average Bonchev–Trinajstić information content (AvgIpc) is 3.06. The van der Waals surface area contributed by atoms with Gasteiger partial charge in [0.25, 0.3) is 11.8 Å². The van der Waals surface area contributed by atoms with Gasteiger partial charge in [-0.3, -0.25) is 28.6 Å². The second-order valence-corrected chi connectivity index (χ2v) is 7.91. The van der Waals surface area contributed by atoms with Crippen molar-refractivity contribution in [2.24, 2.45) is 0 Å². The molecule has 8 heteroatoms. The van der Waals surface area contributed by atoms with E-state index >= 15 is 0 Å². The van der Waals surface area contributed by atoms with Crippen LogP contribution in [-0.2, 0) is 16.1 Å². The van der Waals surface area contributed by atoms with E-state index in [0.29, 0.717) is 29.5 Å². The van der Waals surface area contributed by atoms with Crippen molar-refractivity contribution in [1.29, 1.82) is 0 Å². The van der Waals surface area contributed by atoms with Gasteiger partial charge < -0.3 is 4.74 Å². The number of thiazole rings is 1. The number of benzene rings is 2. The summed E-state index contributed by atoms with van der Waals surface area (Å²) in [5.74, 6) is -1.11. The van der Waals surface area contributed by atoms with E-state index in [0.717, 1.165) is 22.4 Å². The number of esters is 1. The Morgan fingerprint density at radius 3 is 2.27 bits per heavy atom. The molecule has 0 aliphatic carbocycles. The molecule has 0 unspecified atom stereocenters. The molecule has 7 nitrogen and oxygen atoms in total. The maximum absolute atomic E-state index is 12.8. The molecule has 1 aliphatic rings. The lowest BCUT2D eigenvalue weighted by Crippen LogP contribution is -2.41. The van der Waals surface area contributed by atoms with Gasteiger partial charge in [-0.2, -0.15) is 0 Å². The average molecular weight is 424 g/mol. The maximum Gasteiger partial charge on any atom is 0.307 e. The van der Waals surface area contributed by atoms with Crippen molar-refractivity contribution < 1.29 is 19.1 Å². The van der Waals surface area contributed by atoms with Gasteiger partial charge in [0, 0.05) is 40.6 Å². The van der Waals surface area contributed by atoms with E-state index in [9.17, 15) is 19.2 Å². The Balaban J connectivity index is 1.33. The molecule has 0 atom stereocenters. The highest BCUT2D eigenvalue weighted by Crippen LogP contribution is 2.30. The summed E-state index contributed by atoms with van der Waals surface area (Å²) >= 11 is 1.11. The number of nitrogens with zero attached hydrogens (tertiary/aromatic N) is 2. The number of hydrogen-bond acceptors (Lipinski definition) is 6. The minimum absolute atomic E-state index is 0.0824. The maximum atomic E-state index is 12.8. The van der Waals surface area contributed by atoms with Crippen LogP contribution in [-0.4, -0.2) is 40.4 Å². The summed E-state index contributed by atoms with van der Waals surface area (Å²) in [6.45, 7) is 2.38. The third-order valence-corrected chi connectivity index (χ3v) is 6.05. The molecule has 0 radical (unpaired) electrons. The first-order valence-electron chi connectivity index (χ1n) is 9.66. The Labute approximate surface area is 176 Å². The summed E-state index contributed by atoms with van der Waals surface area (Å²) in [6, 6.07) is 10.8. The zero-order valence-corrected chi connectivity index (χ0v) is 17.2. The summed E-state index contributed by atoms with van der Waals surface area (Å²) in [5, 5.41) is 3.30. The van der Waals surface area contributed by atoms with Crippen molar-refractivity contribution in [3.63, 3.8) is 0 Å². The number of imide groups is 1. The fourth-order valence-electron chi connectivity index (χ4n) is 3.66. The van der Waals surface area contributed by atoms with Crippen LogP contribution in [0.3, 0.4) is 0 Å². The molecule has 0 bridgehead atoms. The van der Waals surface area contributed by atoms with Crippen molar-refractivity contribution in [2.75, 3.05) is 13.2 Å². The molecule has 2 aromatic carbocycles. The molecular weight excluding hydrogens is 404 g/mol. The van der Waals surface area contributed by atoms with Gasteiger partial charge in [0.15, 0.2) is 0 Å². The Morgan fingerprint density at radius 2 is 1.67 bits per heavy atom. The standard InChI is InChI=1S/C22H20N2O5S/c1-14-13-30-22(28)23(14)11-12-29-18(25)9-4-10-24-20(26)16-7-2-5-15-6-3-8-17(19(15)16)21(24)27/h2-3,5-8,13H,4,9-12H2,1H3. The molecule has 0 saturated heterocycles. The van der Waals surface area contributed by atoms with Gasteiger partial charge in [-0.1, -0.05) is 35.6 Å². The first-order chi connectivity index (χ1) is 14.5. The highest BCUT2D eigenvalue weighted by Gasteiger charge is 2.32. The van der Waals surface area contributed by atoms with Gasteiger partial charge >= 0.3 is 10.8 Å². The Bertz CT molecular complexity index is 1160. The fraction of sp³-hybridized carbons (Fsp3) is 0.273. The molecular formula is C22H20N2O5S. The van der Waals surface area contributed by atoms with Crippen LogP contribution in [0.15, 0.2) is 46.6 Å². The number of aromatic nitrogens is 1. The molecule has 1 aromatic heterocycles. The summed E-state index contributed by atoms with van der Waals surface area (Å²) < 4.78 is 6.75. The van der Waals surface area contributed by atoms with Crippen molar-refractivity contribution in [1.82, 2.24) is 9.47 Å². The van der Waals surface area contributed by atoms with Gasteiger partial charge in [0.1, 0.15) is 6.61 Å². The molecule has 2 heterocycles. The second-order valence-electron chi connectivity index (χ2n) is 7.09. The molecule has 1 aliphatic heterocycles. The van der Waals surface area contributed by atoms with Crippen LogP contribution in [0.2, 0.25) is 0 Å². The monoisotopic (exact) mass is 424 g/mol. The number of ether oxygens (including phenoxy) is 1. The number of carbonyl (C=O) groups is 3. The largest absolute Gasteiger partial charge is 0.464 e. The molecule has 154 valence electrons. The molecule has 2 amide bonds. The van der Waals surface area contributed by atoms with Gasteiger partial charge in [0.2, 0.25) is 0 Å². The predicted octanol–water partition coefficient (Wildman–Crippen LogP) is 2.99. The van der Waals surface area contributed by atoms with Crippen LogP contribution >= 0.6 is 11.3 Å². The first kappa shape index (κ1) is 20.0. The van der Waals surface area contributed by atoms with E-state index in [1.807, 2.05) is 19.1 Å². The summed E-state index contributed by atoms with van der Waals surface area (Å²) in [7, 11) is 0. The van der Waals surface area contributed by atoms with Gasteiger partial charge in [-0.25, -0.2) is 0 Å². The smallest absolute Gasteiger partial charge is 0.307 e. The summed E-state index contributed by atoms with van der Waals surface area (Å²) in [6.07, 6.45) is 0.395. The van der Waals surface area contributed by atoms with Gasteiger partial charge in [0.05, 0.1) is 6.54 Å². The Hall–Kier alpha value is -3.26. The molecule has 30 heavy (non-hydrogen) atoms. The highest BCUT2D eigenvalue weighted by atomic mass is 32.1. The molecule has 0 N–H and O–H groups in total. The number of amides is 2. The topological polar surface area (TPSA) is 85.7 Å². The number of rotatable bonds is 7. The van der Waals surface area contributed by atoms with Crippen LogP contribution in [0, 0.1) is 6.92 Å². The van der Waals surface area contributed by atoms with Crippen LogP contribution in [0.4, 0.5) is 0 Å². The summed E-state index contributed by atoms with van der Waals surface area (Å²) in [4.78, 5) is 50.4. The van der Waals surface area contributed by atoms with Crippen LogP contribution in [0.25, 0.3) is 10.8 Å². The van der Waals surface area contributed by atoms with Crippen LogP contribution in [0.5, 0.6) is 0 Å². The van der Waals surface area contributed by atoms with E-state index < -0.39 is 5.97 Å². The van der Waals surface area contributed by atoms with E-state index in [1.54, 1.807) is 34.2 Å². The third kappa shape index (κ3) is 3.66. The van der Waals surface area contributed by atoms with Gasteiger partial charge in [-0.15, -0.1) is 0 Å². The quantitative estimate of drug-likeness (QED) is 0.430. The van der Waals surface area contributed by atoms with Gasteiger partial charge in [-0.05, 0) is 30.9 Å². The minimum Gasteiger partial charge on any atom is -0.464 e. The lowest BCUT2D eigenvalue weighted by atomic mass is 9.94. The summed E-state index contributed by atoms with van der Waals surface area (Å²) in [5.41, 5.74) is 1.84. The van der Waals surface area contributed by atoms with Crippen LogP contribution < -0.4 is 4.87 Å². The number of aryl methyl sites for hydroxylation is 1. The van der Waals surface area contributed by atoms with Crippen molar-refractivity contribution in [2.45, 2.75) is 26.3 Å². The zero-order valence-electron chi connectivity index (χ0n) is 16.4. The SMILES string of the molecule is Cc1csc(=O)n1CCOC(=O)CCCN1C(=O)c2cccc3cccc(c23)C1=O. The third-order valence-electron chi connectivity index (χ3n) is 5.17. The minimum atomic E-state index is -0.421. The predicted molar refractivity (Wildman–Crippen MR) is 113 cm³/mol. The zero-order chi connectivity index (χ0) is 21.3. The van der Waals surface area contributed by atoms with Crippen molar-refractivity contribution in [3.8, 4) is 0 Å².